The van der Waals surface area contributed by atoms with Crippen LogP contribution in [0.1, 0.15) is 69.2 Å². The van der Waals surface area contributed by atoms with Crippen molar-refractivity contribution in [1.29, 1.82) is 0 Å². The Morgan fingerprint density at radius 2 is 1.92 bits per heavy atom. The molecule has 3 aromatic rings. The highest BCUT2D eigenvalue weighted by atomic mass is 32.1. The van der Waals surface area contributed by atoms with E-state index in [1.54, 1.807) is 6.20 Å². The summed E-state index contributed by atoms with van der Waals surface area (Å²) in [6, 6.07) is 4.53. The molecule has 2 aliphatic carbocycles. The number of anilines is 1. The van der Waals surface area contributed by atoms with Crippen LogP contribution in [0.25, 0.3) is 21.8 Å². The number of amides is 2. The van der Waals surface area contributed by atoms with Crippen molar-refractivity contribution in [3.05, 3.63) is 35.8 Å². The number of hydrogen-bond acceptors (Lipinski definition) is 7. The molecule has 39 heavy (non-hydrogen) atoms. The Morgan fingerprint density at radius 3 is 2.69 bits per heavy atom. The van der Waals surface area contributed by atoms with Gasteiger partial charge in [0.25, 0.3) is 0 Å². The smallest absolute Gasteiger partial charge is 0.223 e. The molecule has 206 valence electrons. The lowest BCUT2D eigenvalue weighted by molar-refractivity contribution is -0.127. The topological polar surface area (TPSA) is 105 Å². The number of aryl methyl sites for hydroxylation is 1. The van der Waals surface area contributed by atoms with Crippen LogP contribution in [0, 0.1) is 5.92 Å². The monoisotopic (exact) mass is 547 g/mol. The van der Waals surface area contributed by atoms with E-state index in [0.29, 0.717) is 11.2 Å². The van der Waals surface area contributed by atoms with Gasteiger partial charge in [0.05, 0.1) is 28.0 Å². The predicted octanol–water partition coefficient (Wildman–Crippen LogP) is 4.46. The van der Waals surface area contributed by atoms with Gasteiger partial charge in [-0.1, -0.05) is 11.3 Å². The van der Waals surface area contributed by atoms with Crippen molar-refractivity contribution in [3.63, 3.8) is 0 Å². The van der Waals surface area contributed by atoms with Crippen molar-refractivity contribution in [2.24, 2.45) is 5.92 Å². The van der Waals surface area contributed by atoms with Crippen LogP contribution in [-0.2, 0) is 22.4 Å². The summed E-state index contributed by atoms with van der Waals surface area (Å²) in [6.45, 7) is 3.67. The van der Waals surface area contributed by atoms with Gasteiger partial charge >= 0.3 is 0 Å². The van der Waals surface area contributed by atoms with Gasteiger partial charge in [-0.25, -0.2) is 4.98 Å². The Bertz CT molecular complexity index is 1340. The van der Waals surface area contributed by atoms with Crippen molar-refractivity contribution in [1.82, 2.24) is 30.0 Å². The summed E-state index contributed by atoms with van der Waals surface area (Å²) < 4.78 is 2.21. The molecule has 1 atom stereocenters. The number of hydrogen-bond donors (Lipinski definition) is 2. The molecule has 0 radical (unpaired) electrons. The average molecular weight is 548 g/mol. The number of carbonyl (C=O) groups excluding carboxylic acids is 2. The number of carbonyl (C=O) groups is 2. The summed E-state index contributed by atoms with van der Waals surface area (Å²) >= 11 is 1.53. The molecule has 2 N–H and O–H groups in total. The third-order valence-electron chi connectivity index (χ3n) is 8.46. The second-order valence-electron chi connectivity index (χ2n) is 11.3. The predicted molar refractivity (Wildman–Crippen MR) is 153 cm³/mol. The molecule has 0 spiro atoms. The maximum Gasteiger partial charge on any atom is 0.223 e. The Balaban J connectivity index is 1.24. The van der Waals surface area contributed by atoms with Crippen molar-refractivity contribution >= 4 is 28.3 Å². The molecular weight excluding hydrogens is 510 g/mol. The van der Waals surface area contributed by atoms with Crippen LogP contribution < -0.4 is 10.6 Å². The van der Waals surface area contributed by atoms with Crippen LogP contribution >= 0.6 is 11.3 Å². The lowest BCUT2D eigenvalue weighted by Crippen LogP contribution is -2.40. The number of aromatic nitrogens is 4. The van der Waals surface area contributed by atoms with Crippen molar-refractivity contribution in [3.8, 4) is 21.8 Å². The summed E-state index contributed by atoms with van der Waals surface area (Å²) in [5.41, 5.74) is 5.38. The fraction of sp³-hybridized carbons (Fsp3) is 0.552. The zero-order valence-electron chi connectivity index (χ0n) is 22.8. The van der Waals surface area contributed by atoms with Gasteiger partial charge < -0.3 is 15.5 Å². The van der Waals surface area contributed by atoms with Gasteiger partial charge in [0.15, 0.2) is 5.13 Å². The fourth-order valence-corrected chi connectivity index (χ4v) is 7.51. The number of likely N-dealkylation sites (tertiary alicyclic amines) is 1. The molecule has 0 aromatic carbocycles. The van der Waals surface area contributed by atoms with E-state index in [-0.39, 0.29) is 23.8 Å². The van der Waals surface area contributed by atoms with Gasteiger partial charge in [-0.3, -0.25) is 19.3 Å². The highest BCUT2D eigenvalue weighted by Crippen LogP contribution is 2.46. The Labute approximate surface area is 233 Å². The van der Waals surface area contributed by atoms with E-state index in [1.165, 1.54) is 23.8 Å². The maximum atomic E-state index is 13.2. The zero-order valence-corrected chi connectivity index (χ0v) is 23.6. The van der Waals surface area contributed by atoms with E-state index >= 15 is 0 Å². The first-order chi connectivity index (χ1) is 19.0. The second kappa shape index (κ2) is 11.2. The Kier molecular flexibility index (Phi) is 7.49. The molecule has 1 unspecified atom stereocenters. The molecule has 6 rings (SSSR count). The summed E-state index contributed by atoms with van der Waals surface area (Å²) in [6.07, 6.45) is 12.1. The summed E-state index contributed by atoms with van der Waals surface area (Å²) in [5.74, 6) is 0.182. The van der Waals surface area contributed by atoms with Gasteiger partial charge in [-0.15, -0.1) is 0 Å². The number of thiazole rings is 1. The molecular formula is C29H37N7O2S. The average Bonchev–Trinajstić information content (AvgIpc) is 3.46. The number of rotatable bonds is 5. The summed E-state index contributed by atoms with van der Waals surface area (Å²) in [7, 11) is 2.16. The van der Waals surface area contributed by atoms with E-state index < -0.39 is 0 Å². The first-order valence-electron chi connectivity index (χ1n) is 14.2. The lowest BCUT2D eigenvalue weighted by atomic mass is 9.85. The van der Waals surface area contributed by atoms with Gasteiger partial charge in [0.2, 0.25) is 11.8 Å². The van der Waals surface area contributed by atoms with E-state index in [2.05, 4.69) is 38.3 Å². The maximum absolute atomic E-state index is 13.2. The van der Waals surface area contributed by atoms with Crippen molar-refractivity contribution in [2.45, 2.75) is 76.8 Å². The van der Waals surface area contributed by atoms with Crippen LogP contribution in [0.5, 0.6) is 0 Å². The van der Waals surface area contributed by atoms with Crippen LogP contribution in [0.4, 0.5) is 5.13 Å². The van der Waals surface area contributed by atoms with Crippen molar-refractivity contribution < 1.29 is 9.59 Å². The fourth-order valence-electron chi connectivity index (χ4n) is 6.38. The molecule has 2 fully saturated rings. The van der Waals surface area contributed by atoms with E-state index in [1.807, 2.05) is 12.3 Å². The van der Waals surface area contributed by atoms with Crippen LogP contribution in [0.15, 0.2) is 24.5 Å². The molecule has 2 amide bonds. The van der Waals surface area contributed by atoms with Gasteiger partial charge in [-0.05, 0) is 90.1 Å². The quantitative estimate of drug-likeness (QED) is 0.489. The standard InChI is InChI=1S/C29H37N7O2S/c1-18(37)31-29-33-24-12-11-23-25(20-5-3-14-30-17-20)34-36(26(23)27(24)39-29)22-9-7-19(8-10-22)28(38)32-21-6-4-15-35(2)16-13-21/h3,5,14,17,19,21-22H,4,6-13,15-16H2,1-2H3,(H,32,38)(H,31,33,37). The molecule has 0 bridgehead atoms. The number of pyridine rings is 1. The summed E-state index contributed by atoms with van der Waals surface area (Å²) in [5, 5.41) is 12.1. The van der Waals surface area contributed by atoms with Crippen LogP contribution in [-0.4, -0.2) is 62.6 Å². The van der Waals surface area contributed by atoms with Gasteiger partial charge in [0, 0.05) is 42.4 Å². The summed E-state index contributed by atoms with van der Waals surface area (Å²) in [4.78, 5) is 37.4. The molecule has 4 heterocycles. The third kappa shape index (κ3) is 5.49. The third-order valence-corrected chi connectivity index (χ3v) is 9.48. The number of fused-ring (bicyclic) bond motifs is 3. The Morgan fingerprint density at radius 1 is 1.08 bits per heavy atom. The minimum atomic E-state index is -0.113. The van der Waals surface area contributed by atoms with Crippen LogP contribution in [0.2, 0.25) is 0 Å². The first kappa shape index (κ1) is 26.1. The molecule has 1 saturated heterocycles. The molecule has 3 aromatic heterocycles. The molecule has 3 aliphatic rings. The first-order valence-corrected chi connectivity index (χ1v) is 15.1. The zero-order chi connectivity index (χ0) is 26.9. The number of nitrogens with one attached hydrogen (secondary N) is 2. The van der Waals surface area contributed by atoms with E-state index in [0.717, 1.165) is 98.4 Å². The largest absolute Gasteiger partial charge is 0.353 e. The minimum absolute atomic E-state index is 0.0664. The van der Waals surface area contributed by atoms with E-state index in [9.17, 15) is 9.59 Å². The van der Waals surface area contributed by atoms with Gasteiger partial charge in [0.1, 0.15) is 0 Å². The second-order valence-corrected chi connectivity index (χ2v) is 12.3. The normalized spacial score (nSPS) is 23.4. The molecule has 9 nitrogen and oxygen atoms in total. The van der Waals surface area contributed by atoms with Crippen molar-refractivity contribution in [2.75, 3.05) is 25.5 Å². The minimum Gasteiger partial charge on any atom is -0.353 e. The molecule has 1 saturated carbocycles. The molecule has 10 heteroatoms. The van der Waals surface area contributed by atoms with Crippen LogP contribution in [0.3, 0.4) is 0 Å². The highest BCUT2D eigenvalue weighted by molar-refractivity contribution is 7.19. The number of nitrogens with zero attached hydrogens (tertiary/aromatic N) is 5. The molecule has 1 aliphatic heterocycles. The SMILES string of the molecule is CC(=O)Nc1nc2c(s1)-c1c(c(-c3cccnc3)nn1C1CCC(C(=O)NC3CCCN(C)CC3)CC1)CC2. The lowest BCUT2D eigenvalue weighted by Gasteiger charge is -2.30. The highest BCUT2D eigenvalue weighted by Gasteiger charge is 2.35. The van der Waals surface area contributed by atoms with E-state index in [4.69, 9.17) is 10.1 Å². The Hall–Kier alpha value is -3.11. The van der Waals surface area contributed by atoms with Gasteiger partial charge in [-0.2, -0.15) is 5.10 Å².